The lowest BCUT2D eigenvalue weighted by Gasteiger charge is -2.07. The van der Waals surface area contributed by atoms with E-state index in [0.29, 0.717) is 5.56 Å². The molecule has 0 saturated heterocycles. The molecule has 0 aromatic heterocycles. The molecule has 0 aliphatic heterocycles. The summed E-state index contributed by atoms with van der Waals surface area (Å²) < 4.78 is 4.89. The first-order valence-corrected chi connectivity index (χ1v) is 7.41. The molecule has 0 radical (unpaired) electrons. The van der Waals surface area contributed by atoms with Gasteiger partial charge in [-0.3, -0.25) is 25.0 Å². The Hall–Kier alpha value is -3.62. The molecular weight excluding hydrogens is 344 g/mol. The number of carbonyl (C=O) groups excluding carboxylic acids is 2. The Morgan fingerprint density at radius 2 is 1.62 bits per heavy atom. The van der Waals surface area contributed by atoms with Crippen molar-refractivity contribution in [1.29, 1.82) is 0 Å². The lowest BCUT2D eigenvalue weighted by Crippen LogP contribution is -2.16. The number of carbonyl (C=O) groups is 2. The highest BCUT2D eigenvalue weighted by atomic mass is 16.6. The average Bonchev–Trinajstić information content (AvgIpc) is 2.59. The molecule has 9 heteroatoms. The van der Waals surface area contributed by atoms with Gasteiger partial charge in [0, 0.05) is 17.2 Å². The Labute approximate surface area is 147 Å². The summed E-state index contributed by atoms with van der Waals surface area (Å²) in [6, 6.07) is 8.26. The molecule has 2 rings (SSSR count). The van der Waals surface area contributed by atoms with Crippen molar-refractivity contribution in [3.05, 3.63) is 78.9 Å². The zero-order chi connectivity index (χ0) is 19.4. The van der Waals surface area contributed by atoms with Crippen molar-refractivity contribution < 1.29 is 24.2 Å². The molecule has 0 fully saturated rings. The summed E-state index contributed by atoms with van der Waals surface area (Å²) in [5, 5.41) is 21.9. The number of aryl methyl sites for hydroxylation is 1. The molecule has 0 N–H and O–H groups in total. The summed E-state index contributed by atoms with van der Waals surface area (Å²) in [7, 11) is 0. The topological polar surface area (TPSA) is 130 Å². The fourth-order valence-corrected chi connectivity index (χ4v) is 2.22. The highest BCUT2D eigenvalue weighted by Gasteiger charge is 2.26. The number of ether oxygens (including phenoxy) is 1. The molecule has 0 unspecified atom stereocenters. The Bertz CT molecular complexity index is 904. The van der Waals surface area contributed by atoms with Gasteiger partial charge in [-0.25, -0.2) is 4.79 Å². The Kier molecular flexibility index (Phi) is 5.41. The number of benzene rings is 2. The Morgan fingerprint density at radius 3 is 2.15 bits per heavy atom. The quantitative estimate of drug-likeness (QED) is 0.335. The van der Waals surface area contributed by atoms with E-state index in [1.165, 1.54) is 6.92 Å². The number of Topliss-reactive ketones (excluding diaryl/α,β-unsaturated/α-hetero) is 1. The molecule has 2 aromatic rings. The van der Waals surface area contributed by atoms with E-state index in [4.69, 9.17) is 4.74 Å². The number of hydrogen-bond acceptors (Lipinski definition) is 7. The largest absolute Gasteiger partial charge is 0.454 e. The van der Waals surface area contributed by atoms with Crippen LogP contribution in [0.4, 0.5) is 11.4 Å². The maximum absolute atomic E-state index is 12.2. The van der Waals surface area contributed by atoms with E-state index in [0.717, 1.165) is 17.7 Å². The molecule has 0 aliphatic rings. The van der Waals surface area contributed by atoms with Gasteiger partial charge in [0.15, 0.2) is 12.4 Å². The van der Waals surface area contributed by atoms with Gasteiger partial charge in [0.05, 0.1) is 21.5 Å². The van der Waals surface area contributed by atoms with E-state index in [2.05, 4.69) is 0 Å². The van der Waals surface area contributed by atoms with E-state index in [9.17, 15) is 29.8 Å². The van der Waals surface area contributed by atoms with Gasteiger partial charge in [-0.05, 0) is 13.8 Å². The van der Waals surface area contributed by atoms with Crippen molar-refractivity contribution in [3.63, 3.8) is 0 Å². The van der Waals surface area contributed by atoms with Crippen molar-refractivity contribution in [2.24, 2.45) is 0 Å². The summed E-state index contributed by atoms with van der Waals surface area (Å²) in [6.45, 7) is 2.55. The molecular formula is C17H14N2O7. The minimum absolute atomic E-state index is 0.0756. The fourth-order valence-electron chi connectivity index (χ4n) is 2.22. The first-order valence-electron chi connectivity index (χ1n) is 7.41. The zero-order valence-corrected chi connectivity index (χ0v) is 13.9. The zero-order valence-electron chi connectivity index (χ0n) is 13.9. The van der Waals surface area contributed by atoms with E-state index in [1.54, 1.807) is 24.3 Å². The summed E-state index contributed by atoms with van der Waals surface area (Å²) in [5.74, 6) is -1.51. The molecule has 9 nitrogen and oxygen atoms in total. The van der Waals surface area contributed by atoms with Crippen molar-refractivity contribution in [1.82, 2.24) is 0 Å². The number of rotatable bonds is 6. The lowest BCUT2D eigenvalue weighted by atomic mass is 10.1. The van der Waals surface area contributed by atoms with Gasteiger partial charge in [-0.2, -0.15) is 0 Å². The molecule has 0 saturated carbocycles. The van der Waals surface area contributed by atoms with Crippen LogP contribution in [0.5, 0.6) is 0 Å². The molecule has 0 amide bonds. The highest BCUT2D eigenvalue weighted by Crippen LogP contribution is 2.28. The second-order valence-electron chi connectivity index (χ2n) is 5.52. The van der Waals surface area contributed by atoms with Crippen LogP contribution in [0.1, 0.15) is 31.8 Å². The minimum atomic E-state index is -1.05. The van der Waals surface area contributed by atoms with E-state index in [-0.39, 0.29) is 11.1 Å². The molecule has 0 bridgehead atoms. The Morgan fingerprint density at radius 1 is 1.00 bits per heavy atom. The first-order chi connectivity index (χ1) is 12.2. The van der Waals surface area contributed by atoms with Crippen molar-refractivity contribution >= 4 is 23.1 Å². The third-order valence-electron chi connectivity index (χ3n) is 3.70. The predicted molar refractivity (Wildman–Crippen MR) is 90.3 cm³/mol. The van der Waals surface area contributed by atoms with Crippen LogP contribution in [0.25, 0.3) is 0 Å². The number of nitro groups is 2. The van der Waals surface area contributed by atoms with Gasteiger partial charge in [-0.1, -0.05) is 29.8 Å². The van der Waals surface area contributed by atoms with Gasteiger partial charge in [0.25, 0.3) is 11.4 Å². The summed E-state index contributed by atoms with van der Waals surface area (Å²) in [6.07, 6.45) is 0. The maximum atomic E-state index is 12.2. The second-order valence-corrected chi connectivity index (χ2v) is 5.52. The van der Waals surface area contributed by atoms with Crippen LogP contribution in [0.2, 0.25) is 0 Å². The van der Waals surface area contributed by atoms with Crippen molar-refractivity contribution in [2.75, 3.05) is 6.61 Å². The maximum Gasteiger partial charge on any atom is 0.339 e. The Balaban J connectivity index is 2.23. The number of ketones is 1. The SMILES string of the molecule is Cc1ccc(C(=O)COC(=O)c2cc([N+](=O)[O-])cc([N+](=O)[O-])c2C)cc1. The number of hydrogen-bond donors (Lipinski definition) is 0. The number of nitrogens with zero attached hydrogens (tertiary/aromatic N) is 2. The van der Waals surface area contributed by atoms with Gasteiger partial charge in [0.2, 0.25) is 0 Å². The van der Waals surface area contributed by atoms with Crippen molar-refractivity contribution in [3.8, 4) is 0 Å². The third-order valence-corrected chi connectivity index (χ3v) is 3.70. The molecule has 0 heterocycles. The van der Waals surface area contributed by atoms with Gasteiger partial charge in [0.1, 0.15) is 0 Å². The van der Waals surface area contributed by atoms with Gasteiger partial charge < -0.3 is 4.74 Å². The second kappa shape index (κ2) is 7.51. The summed E-state index contributed by atoms with van der Waals surface area (Å²) in [4.78, 5) is 44.5. The first kappa shape index (κ1) is 18.7. The molecule has 26 heavy (non-hydrogen) atoms. The van der Waals surface area contributed by atoms with Crippen LogP contribution in [0.3, 0.4) is 0 Å². The number of esters is 1. The van der Waals surface area contributed by atoms with Crippen LogP contribution >= 0.6 is 0 Å². The van der Waals surface area contributed by atoms with E-state index >= 15 is 0 Å². The summed E-state index contributed by atoms with van der Waals surface area (Å²) in [5.41, 5.74) is -0.297. The number of non-ortho nitro benzene ring substituents is 1. The van der Waals surface area contributed by atoms with E-state index < -0.39 is 39.6 Å². The predicted octanol–water partition coefficient (Wildman–Crippen LogP) is 3.16. The van der Waals surface area contributed by atoms with Crippen molar-refractivity contribution in [2.45, 2.75) is 13.8 Å². The average molecular weight is 358 g/mol. The van der Waals surface area contributed by atoms with E-state index in [1.807, 2.05) is 6.92 Å². The highest BCUT2D eigenvalue weighted by molar-refractivity contribution is 6.00. The minimum Gasteiger partial charge on any atom is -0.454 e. The van der Waals surface area contributed by atoms with Gasteiger partial charge >= 0.3 is 5.97 Å². The van der Waals surface area contributed by atoms with Crippen LogP contribution in [0, 0.1) is 34.1 Å². The summed E-state index contributed by atoms with van der Waals surface area (Å²) >= 11 is 0. The lowest BCUT2D eigenvalue weighted by molar-refractivity contribution is -0.394. The van der Waals surface area contributed by atoms with Crippen LogP contribution in [-0.2, 0) is 4.74 Å². The molecule has 0 atom stereocenters. The number of nitro benzene ring substituents is 2. The third kappa shape index (κ3) is 4.07. The fraction of sp³-hybridized carbons (Fsp3) is 0.176. The van der Waals surface area contributed by atoms with Gasteiger partial charge in [-0.15, -0.1) is 0 Å². The monoisotopic (exact) mass is 358 g/mol. The van der Waals surface area contributed by atoms with Crippen LogP contribution in [0.15, 0.2) is 36.4 Å². The van der Waals surface area contributed by atoms with Crippen LogP contribution in [-0.4, -0.2) is 28.2 Å². The molecule has 134 valence electrons. The molecule has 0 spiro atoms. The normalized spacial score (nSPS) is 10.2. The smallest absolute Gasteiger partial charge is 0.339 e. The van der Waals surface area contributed by atoms with Crippen LogP contribution < -0.4 is 0 Å². The molecule has 2 aromatic carbocycles. The molecule has 0 aliphatic carbocycles. The standard InChI is InChI=1S/C17H14N2O7/c1-10-3-5-12(6-4-10)16(20)9-26-17(21)14-7-13(18(22)23)8-15(11(14)2)19(24)25/h3-8H,9H2,1-2H3.